The van der Waals surface area contributed by atoms with Crippen molar-refractivity contribution in [3.63, 3.8) is 0 Å². The summed E-state index contributed by atoms with van der Waals surface area (Å²) in [5.74, 6) is 0.0474. The minimum atomic E-state index is -0.399. The van der Waals surface area contributed by atoms with Crippen molar-refractivity contribution >= 4 is 5.97 Å². The summed E-state index contributed by atoms with van der Waals surface area (Å²) in [5.41, 5.74) is 2.96. The van der Waals surface area contributed by atoms with Crippen LogP contribution in [0.4, 0.5) is 0 Å². The molecule has 94 valence electrons. The Balaban J connectivity index is 2.17. The maximum absolute atomic E-state index is 11.9. The topological polar surface area (TPSA) is 50.1 Å². The second-order valence-electron chi connectivity index (χ2n) is 4.34. The van der Waals surface area contributed by atoms with Crippen molar-refractivity contribution in [2.45, 2.75) is 13.8 Å². The molecule has 19 heavy (non-hydrogen) atoms. The van der Waals surface area contributed by atoms with Crippen molar-refractivity contribution in [3.05, 3.63) is 64.7 Å². The van der Waals surface area contributed by atoms with Crippen LogP contribution in [0, 0.1) is 25.2 Å². The zero-order valence-electron chi connectivity index (χ0n) is 10.8. The zero-order chi connectivity index (χ0) is 13.8. The molecular weight excluding hydrogens is 238 g/mol. The van der Waals surface area contributed by atoms with Gasteiger partial charge in [-0.25, -0.2) is 4.79 Å². The summed E-state index contributed by atoms with van der Waals surface area (Å²) < 4.78 is 5.27. The van der Waals surface area contributed by atoms with Crippen molar-refractivity contribution in [2.24, 2.45) is 0 Å². The summed E-state index contributed by atoms with van der Waals surface area (Å²) in [6.07, 6.45) is 0. The Hall–Kier alpha value is -2.60. The van der Waals surface area contributed by atoms with Crippen LogP contribution >= 0.6 is 0 Å². The molecule has 3 heteroatoms. The summed E-state index contributed by atoms with van der Waals surface area (Å²) in [4.78, 5) is 11.9. The molecule has 0 atom stereocenters. The molecule has 0 saturated heterocycles. The van der Waals surface area contributed by atoms with Gasteiger partial charge in [0.1, 0.15) is 5.75 Å². The third-order valence-electron chi connectivity index (χ3n) is 2.82. The van der Waals surface area contributed by atoms with E-state index in [4.69, 9.17) is 10.00 Å². The predicted molar refractivity (Wildman–Crippen MR) is 72.0 cm³/mol. The molecule has 2 aromatic rings. The third kappa shape index (κ3) is 2.99. The molecule has 2 rings (SSSR count). The van der Waals surface area contributed by atoms with E-state index >= 15 is 0 Å². The van der Waals surface area contributed by atoms with Crippen LogP contribution in [0.15, 0.2) is 42.5 Å². The van der Waals surface area contributed by atoms with Gasteiger partial charge in [0.2, 0.25) is 0 Å². The van der Waals surface area contributed by atoms with E-state index in [1.54, 1.807) is 30.3 Å². The number of aryl methyl sites for hydroxylation is 2. The Labute approximate surface area is 112 Å². The minimum Gasteiger partial charge on any atom is -0.423 e. The number of hydrogen-bond acceptors (Lipinski definition) is 3. The van der Waals surface area contributed by atoms with Crippen LogP contribution in [0.3, 0.4) is 0 Å². The van der Waals surface area contributed by atoms with E-state index in [-0.39, 0.29) is 0 Å². The number of carbonyl (C=O) groups is 1. The summed E-state index contributed by atoms with van der Waals surface area (Å²) in [7, 11) is 0. The maximum atomic E-state index is 11.9. The minimum absolute atomic E-state index is 0.399. The van der Waals surface area contributed by atoms with E-state index in [9.17, 15) is 4.79 Å². The van der Waals surface area contributed by atoms with Crippen LogP contribution in [-0.2, 0) is 0 Å². The van der Waals surface area contributed by atoms with Gasteiger partial charge in [0, 0.05) is 0 Å². The number of ether oxygens (including phenoxy) is 1. The van der Waals surface area contributed by atoms with Crippen LogP contribution < -0.4 is 4.74 Å². The number of nitrogens with zero attached hydrogens (tertiary/aromatic N) is 1. The van der Waals surface area contributed by atoms with E-state index < -0.39 is 5.97 Å². The highest BCUT2D eigenvalue weighted by Crippen LogP contribution is 2.18. The van der Waals surface area contributed by atoms with Gasteiger partial charge in [-0.15, -0.1) is 0 Å². The fourth-order valence-corrected chi connectivity index (χ4v) is 1.68. The molecule has 0 amide bonds. The molecule has 0 radical (unpaired) electrons. The first-order chi connectivity index (χ1) is 9.10. The Kier molecular flexibility index (Phi) is 3.63. The predicted octanol–water partition coefficient (Wildman–Crippen LogP) is 3.39. The van der Waals surface area contributed by atoms with Crippen LogP contribution in [0.2, 0.25) is 0 Å². The summed E-state index contributed by atoms with van der Waals surface area (Å²) in [6.45, 7) is 3.76. The summed E-state index contributed by atoms with van der Waals surface area (Å²) in [6, 6.07) is 14.2. The van der Waals surface area contributed by atoms with Gasteiger partial charge < -0.3 is 4.74 Å². The van der Waals surface area contributed by atoms with E-state index in [2.05, 4.69) is 6.07 Å². The van der Waals surface area contributed by atoms with Crippen LogP contribution in [-0.4, -0.2) is 5.97 Å². The van der Waals surface area contributed by atoms with Crippen molar-refractivity contribution in [2.75, 3.05) is 0 Å². The highest BCUT2D eigenvalue weighted by atomic mass is 16.5. The number of hydrogen-bond donors (Lipinski definition) is 0. The highest BCUT2D eigenvalue weighted by molar-refractivity contribution is 5.91. The van der Waals surface area contributed by atoms with Gasteiger partial charge in [0.05, 0.1) is 17.2 Å². The van der Waals surface area contributed by atoms with Crippen molar-refractivity contribution in [1.82, 2.24) is 0 Å². The molecule has 0 unspecified atom stereocenters. The van der Waals surface area contributed by atoms with Gasteiger partial charge in [0.15, 0.2) is 0 Å². The fourth-order valence-electron chi connectivity index (χ4n) is 1.68. The van der Waals surface area contributed by atoms with Crippen molar-refractivity contribution in [3.8, 4) is 11.8 Å². The Morgan fingerprint density at radius 3 is 2.37 bits per heavy atom. The van der Waals surface area contributed by atoms with Crippen LogP contribution in [0.25, 0.3) is 0 Å². The number of carbonyl (C=O) groups excluding carboxylic acids is 1. The first kappa shape index (κ1) is 12.8. The molecule has 3 nitrogen and oxygen atoms in total. The second-order valence-corrected chi connectivity index (χ2v) is 4.34. The molecule has 0 aliphatic carbocycles. The molecular formula is C16H13NO2. The molecule has 0 saturated carbocycles. The standard InChI is InChI=1S/C16H13NO2/c1-11-3-5-13(6-4-11)16(18)19-15-8-7-14(10-17)12(2)9-15/h3-9H,1-2H3. The largest absolute Gasteiger partial charge is 0.423 e. The van der Waals surface area contributed by atoms with E-state index in [1.807, 2.05) is 26.0 Å². The molecule has 0 bridgehead atoms. The van der Waals surface area contributed by atoms with Crippen molar-refractivity contribution in [1.29, 1.82) is 5.26 Å². The SMILES string of the molecule is Cc1ccc(C(=O)Oc2ccc(C#N)c(C)c2)cc1. The quantitative estimate of drug-likeness (QED) is 0.607. The van der Waals surface area contributed by atoms with E-state index in [0.717, 1.165) is 11.1 Å². The van der Waals surface area contributed by atoms with Gasteiger partial charge in [-0.2, -0.15) is 5.26 Å². The van der Waals surface area contributed by atoms with E-state index in [0.29, 0.717) is 16.9 Å². The number of benzene rings is 2. The molecule has 0 fully saturated rings. The van der Waals surface area contributed by atoms with Gasteiger partial charge in [-0.05, 0) is 49.7 Å². The summed E-state index contributed by atoms with van der Waals surface area (Å²) in [5, 5.41) is 8.84. The van der Waals surface area contributed by atoms with Gasteiger partial charge >= 0.3 is 5.97 Å². The van der Waals surface area contributed by atoms with Crippen LogP contribution in [0.5, 0.6) is 5.75 Å². The molecule has 0 aliphatic heterocycles. The first-order valence-corrected chi connectivity index (χ1v) is 5.90. The number of rotatable bonds is 2. The Morgan fingerprint density at radius 2 is 1.79 bits per heavy atom. The maximum Gasteiger partial charge on any atom is 0.343 e. The lowest BCUT2D eigenvalue weighted by atomic mass is 10.1. The lowest BCUT2D eigenvalue weighted by Gasteiger charge is -2.06. The normalized spacial score (nSPS) is 9.74. The molecule has 0 aromatic heterocycles. The molecule has 0 N–H and O–H groups in total. The molecule has 0 spiro atoms. The molecule has 2 aromatic carbocycles. The van der Waals surface area contributed by atoms with Crippen molar-refractivity contribution < 1.29 is 9.53 Å². The third-order valence-corrected chi connectivity index (χ3v) is 2.82. The smallest absolute Gasteiger partial charge is 0.343 e. The van der Waals surface area contributed by atoms with Crippen LogP contribution in [0.1, 0.15) is 27.0 Å². The van der Waals surface area contributed by atoms with Gasteiger partial charge in [-0.3, -0.25) is 0 Å². The average Bonchev–Trinajstić information content (AvgIpc) is 2.39. The van der Waals surface area contributed by atoms with Gasteiger partial charge in [0.25, 0.3) is 0 Å². The second kappa shape index (κ2) is 5.36. The monoisotopic (exact) mass is 251 g/mol. The van der Waals surface area contributed by atoms with E-state index in [1.165, 1.54) is 0 Å². The molecule has 0 heterocycles. The summed E-state index contributed by atoms with van der Waals surface area (Å²) >= 11 is 0. The lowest BCUT2D eigenvalue weighted by molar-refractivity contribution is 0.0734. The average molecular weight is 251 g/mol. The zero-order valence-corrected chi connectivity index (χ0v) is 10.8. The lowest BCUT2D eigenvalue weighted by Crippen LogP contribution is -2.08. The number of esters is 1. The van der Waals surface area contributed by atoms with Gasteiger partial charge in [-0.1, -0.05) is 17.7 Å². The Morgan fingerprint density at radius 1 is 1.11 bits per heavy atom. The first-order valence-electron chi connectivity index (χ1n) is 5.90. The highest BCUT2D eigenvalue weighted by Gasteiger charge is 2.09. The number of nitriles is 1. The molecule has 0 aliphatic rings. The Bertz CT molecular complexity index is 651. The fraction of sp³-hybridized carbons (Fsp3) is 0.125.